The highest BCUT2D eigenvalue weighted by molar-refractivity contribution is 5.80. The molecular formula is C28H30F2IN3O. The fourth-order valence-corrected chi connectivity index (χ4v) is 5.70. The van der Waals surface area contributed by atoms with Crippen LogP contribution in [0.2, 0.25) is 0 Å². The van der Waals surface area contributed by atoms with Crippen molar-refractivity contribution in [2.24, 2.45) is 0 Å². The summed E-state index contributed by atoms with van der Waals surface area (Å²) in [5, 5.41) is 3.21. The highest BCUT2D eigenvalue weighted by Gasteiger charge is 2.53. The van der Waals surface area contributed by atoms with Gasteiger partial charge in [-0.25, -0.2) is 13.6 Å². The molecule has 2 heterocycles. The summed E-state index contributed by atoms with van der Waals surface area (Å²) in [5.41, 5.74) is 2.00. The molecule has 1 N–H and O–H groups in total. The van der Waals surface area contributed by atoms with E-state index in [0.29, 0.717) is 6.54 Å². The van der Waals surface area contributed by atoms with Gasteiger partial charge in [0.1, 0.15) is 17.2 Å². The van der Waals surface area contributed by atoms with E-state index >= 15 is 0 Å². The van der Waals surface area contributed by atoms with Crippen molar-refractivity contribution < 1.29 is 42.0 Å². The van der Waals surface area contributed by atoms with Crippen LogP contribution in [0.1, 0.15) is 29.5 Å². The van der Waals surface area contributed by atoms with Gasteiger partial charge in [-0.05, 0) is 41.0 Å². The van der Waals surface area contributed by atoms with E-state index in [9.17, 15) is 13.6 Å². The molecule has 2 fully saturated rings. The largest absolute Gasteiger partial charge is 1.00 e. The first-order valence-corrected chi connectivity index (χ1v) is 11.9. The number of benzene rings is 3. The van der Waals surface area contributed by atoms with Gasteiger partial charge in [-0.1, -0.05) is 54.6 Å². The molecule has 2 aliphatic heterocycles. The summed E-state index contributed by atoms with van der Waals surface area (Å²) in [7, 11) is 2.24. The normalized spacial score (nSPS) is 23.1. The van der Waals surface area contributed by atoms with Gasteiger partial charge in [-0.15, -0.1) is 0 Å². The number of nitrogens with one attached hydrogen (secondary N) is 1. The Morgan fingerprint density at radius 1 is 0.943 bits per heavy atom. The lowest BCUT2D eigenvalue weighted by Gasteiger charge is -2.40. The SMILES string of the molecule is C[N+]1(CCc2ccccc2)CCCC1N1CC(c2ccc(F)cc2)(c2ccc(F)cc2)NC1=O.[I-]. The number of likely N-dealkylation sites (tertiary alicyclic amines) is 1. The summed E-state index contributed by atoms with van der Waals surface area (Å²) in [6.07, 6.45) is 2.98. The lowest BCUT2D eigenvalue weighted by atomic mass is 9.83. The molecule has 0 aliphatic carbocycles. The molecule has 5 rings (SSSR count). The van der Waals surface area contributed by atoms with Gasteiger partial charge in [-0.3, -0.25) is 4.90 Å². The summed E-state index contributed by atoms with van der Waals surface area (Å²) in [6, 6.07) is 22.8. The molecule has 184 valence electrons. The average molecular weight is 589 g/mol. The Hall–Kier alpha value is -2.52. The third-order valence-corrected chi connectivity index (χ3v) is 7.63. The van der Waals surface area contributed by atoms with Crippen LogP contribution in [0.25, 0.3) is 0 Å². The number of carbonyl (C=O) groups excluding carboxylic acids is 1. The fourth-order valence-electron chi connectivity index (χ4n) is 5.70. The predicted molar refractivity (Wildman–Crippen MR) is 128 cm³/mol. The summed E-state index contributed by atoms with van der Waals surface area (Å²) >= 11 is 0. The average Bonchev–Trinajstić information content (AvgIpc) is 3.40. The van der Waals surface area contributed by atoms with Gasteiger partial charge < -0.3 is 33.8 Å². The van der Waals surface area contributed by atoms with Gasteiger partial charge in [0.2, 0.25) is 0 Å². The Morgan fingerprint density at radius 2 is 1.51 bits per heavy atom. The van der Waals surface area contributed by atoms with Crippen LogP contribution in [-0.4, -0.2) is 48.3 Å². The molecule has 3 aromatic carbocycles. The van der Waals surface area contributed by atoms with E-state index < -0.39 is 5.54 Å². The maximum Gasteiger partial charge on any atom is 0.323 e. The Balaban J connectivity index is 0.00000289. The zero-order valence-electron chi connectivity index (χ0n) is 19.8. The third-order valence-electron chi connectivity index (χ3n) is 7.63. The monoisotopic (exact) mass is 589 g/mol. The summed E-state index contributed by atoms with van der Waals surface area (Å²) in [6.45, 7) is 2.37. The Labute approximate surface area is 222 Å². The van der Waals surface area contributed by atoms with Crippen molar-refractivity contribution in [3.63, 3.8) is 0 Å². The van der Waals surface area contributed by atoms with Gasteiger partial charge in [0.25, 0.3) is 0 Å². The first-order chi connectivity index (χ1) is 16.4. The molecule has 2 unspecified atom stereocenters. The van der Waals surface area contributed by atoms with E-state index in [2.05, 4.69) is 36.6 Å². The van der Waals surface area contributed by atoms with E-state index in [1.54, 1.807) is 24.3 Å². The zero-order valence-corrected chi connectivity index (χ0v) is 21.9. The predicted octanol–water partition coefficient (Wildman–Crippen LogP) is 2.05. The van der Waals surface area contributed by atoms with Gasteiger partial charge in [0.15, 0.2) is 6.17 Å². The lowest BCUT2D eigenvalue weighted by Crippen LogP contribution is -3.00. The van der Waals surface area contributed by atoms with Gasteiger partial charge >= 0.3 is 6.03 Å². The highest BCUT2D eigenvalue weighted by Crippen LogP contribution is 2.39. The lowest BCUT2D eigenvalue weighted by molar-refractivity contribution is -0.930. The van der Waals surface area contributed by atoms with Crippen molar-refractivity contribution in [3.05, 3.63) is 107 Å². The van der Waals surface area contributed by atoms with Crippen molar-refractivity contribution in [3.8, 4) is 0 Å². The van der Waals surface area contributed by atoms with E-state index in [-0.39, 0.29) is 47.8 Å². The van der Waals surface area contributed by atoms with Crippen LogP contribution in [0.3, 0.4) is 0 Å². The number of likely N-dealkylation sites (N-methyl/N-ethyl adjacent to an activating group) is 1. The van der Waals surface area contributed by atoms with Gasteiger partial charge in [0.05, 0.1) is 26.7 Å². The highest BCUT2D eigenvalue weighted by atomic mass is 127. The van der Waals surface area contributed by atoms with Crippen molar-refractivity contribution in [1.82, 2.24) is 10.2 Å². The first kappa shape index (κ1) is 25.6. The van der Waals surface area contributed by atoms with Crippen LogP contribution in [0.15, 0.2) is 78.9 Å². The number of urea groups is 1. The molecule has 3 aromatic rings. The minimum atomic E-state index is -0.870. The number of hydrogen-bond acceptors (Lipinski definition) is 1. The van der Waals surface area contributed by atoms with Crippen molar-refractivity contribution >= 4 is 6.03 Å². The standard InChI is InChI=1S/C28H29F2N3O.HI/c1-33(19-17-21-6-3-2-4-7-21)18-5-8-26(33)32-20-28(31-27(32)34,22-9-13-24(29)14-10-22)23-11-15-25(30)16-12-23;/h2-4,6-7,9-16,26H,5,8,17-20H2,1H3;1H. The molecular weight excluding hydrogens is 559 g/mol. The van der Waals surface area contributed by atoms with Crippen LogP contribution < -0.4 is 29.3 Å². The Bertz CT molecular complexity index is 1110. The zero-order chi connectivity index (χ0) is 23.8. The molecule has 7 heteroatoms. The molecule has 0 spiro atoms. The Morgan fingerprint density at radius 3 is 2.09 bits per heavy atom. The molecule has 4 nitrogen and oxygen atoms in total. The van der Waals surface area contributed by atoms with Crippen LogP contribution in [0, 0.1) is 11.6 Å². The molecule has 0 saturated carbocycles. The van der Waals surface area contributed by atoms with Crippen molar-refractivity contribution in [2.75, 3.05) is 26.7 Å². The number of halogens is 3. The number of amides is 2. The van der Waals surface area contributed by atoms with Crippen LogP contribution in [-0.2, 0) is 12.0 Å². The number of nitrogens with zero attached hydrogens (tertiary/aromatic N) is 2. The molecule has 2 atom stereocenters. The van der Waals surface area contributed by atoms with E-state index in [4.69, 9.17) is 0 Å². The minimum Gasteiger partial charge on any atom is -1.00 e. The van der Waals surface area contributed by atoms with E-state index in [1.807, 2.05) is 11.0 Å². The van der Waals surface area contributed by atoms with E-state index in [0.717, 1.165) is 48.0 Å². The van der Waals surface area contributed by atoms with Crippen molar-refractivity contribution in [1.29, 1.82) is 0 Å². The van der Waals surface area contributed by atoms with Gasteiger partial charge in [-0.2, -0.15) is 0 Å². The minimum absolute atomic E-state index is 0. The second kappa shape index (κ2) is 10.2. The summed E-state index contributed by atoms with van der Waals surface area (Å²) < 4.78 is 28.3. The van der Waals surface area contributed by atoms with Crippen LogP contribution in [0.5, 0.6) is 0 Å². The molecule has 2 saturated heterocycles. The second-order valence-corrected chi connectivity index (χ2v) is 9.76. The van der Waals surface area contributed by atoms with Gasteiger partial charge in [0, 0.05) is 19.3 Å². The number of hydrogen-bond donors (Lipinski definition) is 1. The third kappa shape index (κ3) is 4.93. The number of carbonyl (C=O) groups is 1. The maximum absolute atomic E-state index is 13.7. The van der Waals surface area contributed by atoms with E-state index in [1.165, 1.54) is 29.8 Å². The smallest absolute Gasteiger partial charge is 0.323 e. The second-order valence-electron chi connectivity index (χ2n) is 9.76. The van der Waals surface area contributed by atoms with Crippen molar-refractivity contribution in [2.45, 2.75) is 31.0 Å². The summed E-state index contributed by atoms with van der Waals surface area (Å²) in [5.74, 6) is -0.666. The quantitative estimate of drug-likeness (QED) is 0.347. The number of quaternary nitrogens is 1. The molecule has 0 radical (unpaired) electrons. The van der Waals surface area contributed by atoms with Crippen LogP contribution >= 0.6 is 0 Å². The fraction of sp³-hybridized carbons (Fsp3) is 0.321. The molecule has 35 heavy (non-hydrogen) atoms. The Kier molecular flexibility index (Phi) is 7.47. The first-order valence-electron chi connectivity index (χ1n) is 11.9. The molecule has 2 amide bonds. The molecule has 0 bridgehead atoms. The number of rotatable bonds is 6. The molecule has 2 aliphatic rings. The van der Waals surface area contributed by atoms with Crippen LogP contribution in [0.4, 0.5) is 13.6 Å². The summed E-state index contributed by atoms with van der Waals surface area (Å²) in [4.78, 5) is 15.4. The topological polar surface area (TPSA) is 32.3 Å². The molecule has 0 aromatic heterocycles. The maximum atomic E-state index is 13.7.